The van der Waals surface area contributed by atoms with Crippen molar-refractivity contribution in [2.24, 2.45) is 11.8 Å². The quantitative estimate of drug-likeness (QED) is 0.0301. The highest BCUT2D eigenvalue weighted by atomic mass is 16.6. The maximum absolute atomic E-state index is 12.7. The van der Waals surface area contributed by atoms with Crippen molar-refractivity contribution in [3.8, 4) is 0 Å². The molecular formula is C41H74O9. The van der Waals surface area contributed by atoms with Crippen LogP contribution in [0.3, 0.4) is 0 Å². The van der Waals surface area contributed by atoms with E-state index in [1.807, 2.05) is 0 Å². The second kappa shape index (κ2) is 30.8. The van der Waals surface area contributed by atoms with Crippen LogP contribution in [-0.4, -0.2) is 75.8 Å². The van der Waals surface area contributed by atoms with Gasteiger partial charge in [0.15, 0.2) is 6.10 Å². The van der Waals surface area contributed by atoms with Gasteiger partial charge in [0.2, 0.25) is 0 Å². The van der Waals surface area contributed by atoms with Crippen LogP contribution >= 0.6 is 0 Å². The predicted molar refractivity (Wildman–Crippen MR) is 198 cm³/mol. The number of aliphatic hydroxyl groups excluding tert-OH is 4. The average Bonchev–Trinajstić information content (AvgIpc) is 3.36. The molecule has 0 radical (unpaired) electrons. The maximum Gasteiger partial charge on any atom is 0.306 e. The van der Waals surface area contributed by atoms with Gasteiger partial charge in [-0.1, -0.05) is 135 Å². The van der Waals surface area contributed by atoms with Crippen LogP contribution in [-0.2, 0) is 23.9 Å². The molecule has 0 bridgehead atoms. The summed E-state index contributed by atoms with van der Waals surface area (Å²) in [6.07, 6.45) is 24.7. The van der Waals surface area contributed by atoms with E-state index in [0.717, 1.165) is 38.5 Å². The van der Waals surface area contributed by atoms with E-state index in [2.05, 4.69) is 13.8 Å². The molecule has 0 saturated heterocycles. The Labute approximate surface area is 304 Å². The number of carbonyl (C=O) groups is 3. The number of aliphatic hydroxyl groups is 4. The molecule has 0 spiro atoms. The van der Waals surface area contributed by atoms with Crippen LogP contribution in [0, 0.1) is 11.8 Å². The fourth-order valence-electron chi connectivity index (χ4n) is 6.84. The molecule has 1 saturated carbocycles. The van der Waals surface area contributed by atoms with Gasteiger partial charge in [-0.15, -0.1) is 0 Å². The van der Waals surface area contributed by atoms with Crippen molar-refractivity contribution in [2.75, 3.05) is 13.2 Å². The van der Waals surface area contributed by atoms with Crippen molar-refractivity contribution in [1.29, 1.82) is 0 Å². The number of esters is 2. The summed E-state index contributed by atoms with van der Waals surface area (Å²) >= 11 is 0. The number of ketones is 1. The topological polar surface area (TPSA) is 151 Å². The lowest BCUT2D eigenvalue weighted by Crippen LogP contribution is -2.28. The minimum Gasteiger partial charge on any atom is -0.462 e. The van der Waals surface area contributed by atoms with E-state index in [1.165, 1.54) is 77.0 Å². The molecule has 0 unspecified atom stereocenters. The standard InChI is InChI=1S/C41H74O9/c1-3-5-7-8-9-10-11-12-13-14-15-16-17-18-20-25-40(47)49-32-35(31-42)50-41(48)26-22-21-24-34(44)29-37-36(38(45)30-39(37)46)28-27-33(43)23-19-6-4-2/h27-28,33,35-39,42-43,45-46H,3-26,29-32H2,1-2H3/b28-27+/t33-,35-,36+,37+,38+,39-/m0/s1. The van der Waals surface area contributed by atoms with E-state index in [9.17, 15) is 34.8 Å². The van der Waals surface area contributed by atoms with Gasteiger partial charge in [0.05, 0.1) is 24.9 Å². The number of Topliss-reactive ketones (excluding diaryl/α,β-unsaturated/α-hetero) is 1. The third-order valence-electron chi connectivity index (χ3n) is 10.0. The molecule has 1 aliphatic carbocycles. The van der Waals surface area contributed by atoms with Crippen molar-refractivity contribution >= 4 is 17.7 Å². The highest BCUT2D eigenvalue weighted by Gasteiger charge is 2.41. The smallest absolute Gasteiger partial charge is 0.306 e. The molecule has 292 valence electrons. The van der Waals surface area contributed by atoms with E-state index < -0.39 is 48.8 Å². The molecule has 1 aliphatic rings. The highest BCUT2D eigenvalue weighted by Crippen LogP contribution is 2.36. The molecule has 0 aliphatic heterocycles. The molecule has 0 aromatic heterocycles. The molecule has 0 amide bonds. The maximum atomic E-state index is 12.7. The minimum atomic E-state index is -0.917. The third-order valence-corrected chi connectivity index (χ3v) is 10.0. The summed E-state index contributed by atoms with van der Waals surface area (Å²) in [4.78, 5) is 37.1. The first kappa shape index (κ1) is 46.2. The minimum absolute atomic E-state index is 0.0485. The summed E-state index contributed by atoms with van der Waals surface area (Å²) in [5.41, 5.74) is 0. The number of unbranched alkanes of at least 4 members (excludes halogenated alkanes) is 17. The van der Waals surface area contributed by atoms with E-state index in [4.69, 9.17) is 9.47 Å². The molecule has 0 aromatic rings. The Morgan fingerprint density at radius 3 is 1.76 bits per heavy atom. The Bertz CT molecular complexity index is 891. The van der Waals surface area contributed by atoms with Crippen molar-refractivity contribution in [2.45, 2.75) is 205 Å². The molecule has 9 heteroatoms. The van der Waals surface area contributed by atoms with Gasteiger partial charge in [-0.3, -0.25) is 14.4 Å². The van der Waals surface area contributed by atoms with E-state index in [-0.39, 0.29) is 44.0 Å². The number of rotatable bonds is 33. The normalized spacial score (nSPS) is 20.3. The monoisotopic (exact) mass is 711 g/mol. The van der Waals surface area contributed by atoms with Crippen molar-refractivity contribution in [3.05, 3.63) is 12.2 Å². The molecule has 0 heterocycles. The predicted octanol–water partition coefficient (Wildman–Crippen LogP) is 8.07. The molecule has 1 rings (SSSR count). The Morgan fingerprint density at radius 1 is 0.680 bits per heavy atom. The molecule has 0 aromatic carbocycles. The molecule has 6 atom stereocenters. The lowest BCUT2D eigenvalue weighted by molar-refractivity contribution is -0.161. The van der Waals surface area contributed by atoms with Crippen LogP contribution in [0.1, 0.15) is 181 Å². The zero-order valence-electron chi connectivity index (χ0n) is 31.7. The second-order valence-electron chi connectivity index (χ2n) is 14.7. The molecule has 4 N–H and O–H groups in total. The Morgan fingerprint density at radius 2 is 1.18 bits per heavy atom. The molecular weight excluding hydrogens is 636 g/mol. The summed E-state index contributed by atoms with van der Waals surface area (Å²) in [5, 5.41) is 40.7. The zero-order chi connectivity index (χ0) is 36.8. The van der Waals surface area contributed by atoms with Crippen molar-refractivity contribution in [3.63, 3.8) is 0 Å². The van der Waals surface area contributed by atoms with Gasteiger partial charge in [0.25, 0.3) is 0 Å². The third kappa shape index (κ3) is 23.6. The summed E-state index contributed by atoms with van der Waals surface area (Å²) < 4.78 is 10.5. The Hall–Kier alpha value is -1.81. The van der Waals surface area contributed by atoms with E-state index >= 15 is 0 Å². The average molecular weight is 711 g/mol. The summed E-state index contributed by atoms with van der Waals surface area (Å²) in [5.74, 6) is -1.72. The largest absolute Gasteiger partial charge is 0.462 e. The van der Waals surface area contributed by atoms with Gasteiger partial charge in [0.1, 0.15) is 12.4 Å². The van der Waals surface area contributed by atoms with Crippen molar-refractivity contribution < 1.29 is 44.3 Å². The summed E-state index contributed by atoms with van der Waals surface area (Å²) in [7, 11) is 0. The van der Waals surface area contributed by atoms with Crippen LogP contribution in [0.25, 0.3) is 0 Å². The van der Waals surface area contributed by atoms with Crippen molar-refractivity contribution in [1.82, 2.24) is 0 Å². The molecule has 50 heavy (non-hydrogen) atoms. The van der Waals surface area contributed by atoms with Gasteiger partial charge in [-0.2, -0.15) is 0 Å². The lowest BCUT2D eigenvalue weighted by Gasteiger charge is -2.20. The van der Waals surface area contributed by atoms with E-state index in [0.29, 0.717) is 25.7 Å². The zero-order valence-corrected chi connectivity index (χ0v) is 31.7. The number of hydrogen-bond acceptors (Lipinski definition) is 9. The molecule has 9 nitrogen and oxygen atoms in total. The fraction of sp³-hybridized carbons (Fsp3) is 0.878. The Kier molecular flexibility index (Phi) is 28.4. The van der Waals surface area contributed by atoms with E-state index in [1.54, 1.807) is 12.2 Å². The van der Waals surface area contributed by atoms with Crippen LogP contribution in [0.2, 0.25) is 0 Å². The first-order valence-electron chi connectivity index (χ1n) is 20.4. The van der Waals surface area contributed by atoms with Gasteiger partial charge in [-0.25, -0.2) is 0 Å². The van der Waals surface area contributed by atoms with Crippen LogP contribution in [0.15, 0.2) is 12.2 Å². The number of hydrogen-bond donors (Lipinski definition) is 4. The summed E-state index contributed by atoms with van der Waals surface area (Å²) in [6.45, 7) is 3.73. The van der Waals surface area contributed by atoms with Crippen LogP contribution in [0.4, 0.5) is 0 Å². The first-order valence-corrected chi connectivity index (χ1v) is 20.4. The van der Waals surface area contributed by atoms with Gasteiger partial charge in [-0.05, 0) is 25.7 Å². The van der Waals surface area contributed by atoms with Crippen LogP contribution in [0.5, 0.6) is 0 Å². The first-order chi connectivity index (χ1) is 24.2. The molecule has 1 fully saturated rings. The number of carbonyl (C=O) groups excluding carboxylic acids is 3. The van der Waals surface area contributed by atoms with Gasteiger partial charge >= 0.3 is 11.9 Å². The fourth-order valence-corrected chi connectivity index (χ4v) is 6.84. The SMILES string of the molecule is CCCCCCCCCCCCCCCCCC(=O)OC[C@H](CO)OC(=O)CCCCC(=O)C[C@@H]1[C@@H](/C=C/[C@@H](O)CCCCC)[C@H](O)C[C@@H]1O. The Balaban J connectivity index is 2.13. The lowest BCUT2D eigenvalue weighted by atomic mass is 9.87. The second-order valence-corrected chi connectivity index (χ2v) is 14.7. The van der Waals surface area contributed by atoms with Gasteiger partial charge < -0.3 is 29.9 Å². The van der Waals surface area contributed by atoms with Gasteiger partial charge in [0, 0.05) is 43.9 Å². The highest BCUT2D eigenvalue weighted by molar-refractivity contribution is 5.79. The summed E-state index contributed by atoms with van der Waals surface area (Å²) in [6, 6.07) is 0. The van der Waals surface area contributed by atoms with Crippen LogP contribution < -0.4 is 0 Å². The number of ether oxygens (including phenoxy) is 2.